The van der Waals surface area contributed by atoms with Gasteiger partial charge in [0.1, 0.15) is 0 Å². The Labute approximate surface area is 215 Å². The maximum Gasteiger partial charge on any atom is 0.0669 e. The fourth-order valence-corrected chi connectivity index (χ4v) is 6.17. The molecule has 0 amide bonds. The summed E-state index contributed by atoms with van der Waals surface area (Å²) in [5, 5.41) is 7.83. The number of hydrogen-bond donors (Lipinski definition) is 0. The van der Waals surface area contributed by atoms with E-state index in [1.54, 1.807) is 0 Å². The van der Waals surface area contributed by atoms with E-state index >= 15 is 0 Å². The van der Waals surface area contributed by atoms with Crippen LogP contribution in [-0.4, -0.2) is 5.71 Å². The van der Waals surface area contributed by atoms with E-state index in [9.17, 15) is 0 Å². The van der Waals surface area contributed by atoms with Crippen LogP contribution >= 0.6 is 0 Å². The van der Waals surface area contributed by atoms with E-state index in [-0.39, 0.29) is 0 Å². The van der Waals surface area contributed by atoms with Crippen LogP contribution in [0.15, 0.2) is 132 Å². The van der Waals surface area contributed by atoms with Gasteiger partial charge < -0.3 is 0 Å². The molecule has 0 saturated carbocycles. The van der Waals surface area contributed by atoms with Crippen LogP contribution in [0.3, 0.4) is 0 Å². The lowest BCUT2D eigenvalue weighted by atomic mass is 9.83. The Bertz CT molecular complexity index is 1980. The normalized spacial score (nSPS) is 12.9. The minimum atomic E-state index is 0.867. The topological polar surface area (TPSA) is 12.4 Å². The summed E-state index contributed by atoms with van der Waals surface area (Å²) in [6.07, 6.45) is 0.867. The Morgan fingerprint density at radius 3 is 1.89 bits per heavy atom. The van der Waals surface area contributed by atoms with Crippen molar-refractivity contribution >= 4 is 43.7 Å². The molecular formula is C36H23N. The van der Waals surface area contributed by atoms with Gasteiger partial charge in [-0.15, -0.1) is 0 Å². The van der Waals surface area contributed by atoms with Gasteiger partial charge in [-0.05, 0) is 78.3 Å². The summed E-state index contributed by atoms with van der Waals surface area (Å²) in [5.41, 5.74) is 9.83. The average molecular weight is 470 g/mol. The lowest BCUT2D eigenvalue weighted by Crippen LogP contribution is -2.03. The number of nitrogens with zero attached hydrogens (tertiary/aromatic N) is 1. The SMILES string of the molecule is c1ccc(-c2cc3c(C4=Nc5ccccc5C4)ccc4c(-c5ccccc5)cc5cccc2c5c34)cc1. The second kappa shape index (κ2) is 7.88. The molecule has 7 aromatic carbocycles. The van der Waals surface area contributed by atoms with Crippen LogP contribution in [0, 0.1) is 0 Å². The maximum absolute atomic E-state index is 5.10. The van der Waals surface area contributed by atoms with Gasteiger partial charge in [-0.25, -0.2) is 0 Å². The zero-order valence-corrected chi connectivity index (χ0v) is 20.3. The van der Waals surface area contributed by atoms with Crippen LogP contribution in [0.25, 0.3) is 54.6 Å². The van der Waals surface area contributed by atoms with Gasteiger partial charge in [-0.2, -0.15) is 0 Å². The summed E-state index contributed by atoms with van der Waals surface area (Å²) < 4.78 is 0. The van der Waals surface area contributed by atoms with Gasteiger partial charge in [0.15, 0.2) is 0 Å². The van der Waals surface area contributed by atoms with E-state index < -0.39 is 0 Å². The number of para-hydroxylation sites is 1. The molecule has 1 heterocycles. The first-order valence-corrected chi connectivity index (χ1v) is 12.9. The number of fused-ring (bicyclic) bond motifs is 1. The monoisotopic (exact) mass is 469 g/mol. The fraction of sp³-hybridized carbons (Fsp3) is 0.0278. The molecule has 0 unspecified atom stereocenters. The Hall–Kier alpha value is -4.75. The highest BCUT2D eigenvalue weighted by molar-refractivity contribution is 6.32. The molecule has 0 N–H and O–H groups in total. The standard InChI is InChI=1S/C36H23N/c1-3-10-23(11-4-1)30-20-26-15-9-16-28-31(24-12-5-2-6-13-24)22-32-27(18-19-29(30)36(32)35(26)28)34-21-25-14-7-8-17-33(25)37-34/h1-20,22H,21H2. The van der Waals surface area contributed by atoms with Crippen LogP contribution in [0.1, 0.15) is 11.1 Å². The predicted octanol–water partition coefficient (Wildman–Crippen LogP) is 9.59. The van der Waals surface area contributed by atoms with E-state index in [1.165, 1.54) is 65.7 Å². The van der Waals surface area contributed by atoms with Crippen molar-refractivity contribution in [2.45, 2.75) is 6.42 Å². The third kappa shape index (κ3) is 3.07. The molecule has 1 aliphatic rings. The lowest BCUT2D eigenvalue weighted by molar-refractivity contribution is 1.39. The molecule has 0 aliphatic carbocycles. The highest BCUT2D eigenvalue weighted by atomic mass is 14.8. The first-order chi connectivity index (χ1) is 18.3. The first-order valence-electron chi connectivity index (χ1n) is 12.9. The molecule has 1 nitrogen and oxygen atoms in total. The summed E-state index contributed by atoms with van der Waals surface area (Å²) in [7, 11) is 0. The molecule has 0 fully saturated rings. The van der Waals surface area contributed by atoms with E-state index in [4.69, 9.17) is 4.99 Å². The van der Waals surface area contributed by atoms with Crippen molar-refractivity contribution in [2.75, 3.05) is 0 Å². The van der Waals surface area contributed by atoms with Crippen LogP contribution in [0.5, 0.6) is 0 Å². The van der Waals surface area contributed by atoms with Crippen LogP contribution in [0.2, 0.25) is 0 Å². The van der Waals surface area contributed by atoms with Gasteiger partial charge in [0, 0.05) is 12.0 Å². The highest BCUT2D eigenvalue weighted by Crippen LogP contribution is 2.45. The fourth-order valence-electron chi connectivity index (χ4n) is 6.17. The summed E-state index contributed by atoms with van der Waals surface area (Å²) >= 11 is 0. The third-order valence-corrected chi connectivity index (χ3v) is 7.85. The molecule has 0 atom stereocenters. The number of hydrogen-bond acceptors (Lipinski definition) is 1. The predicted molar refractivity (Wildman–Crippen MR) is 157 cm³/mol. The van der Waals surface area contributed by atoms with Gasteiger partial charge >= 0.3 is 0 Å². The van der Waals surface area contributed by atoms with Gasteiger partial charge in [0.25, 0.3) is 0 Å². The first kappa shape index (κ1) is 20.4. The smallest absolute Gasteiger partial charge is 0.0669 e. The minimum Gasteiger partial charge on any atom is -0.252 e. The average Bonchev–Trinajstić information content (AvgIpc) is 3.40. The van der Waals surface area contributed by atoms with Crippen molar-refractivity contribution < 1.29 is 0 Å². The van der Waals surface area contributed by atoms with E-state index in [0.717, 1.165) is 17.8 Å². The molecule has 172 valence electrons. The molecule has 0 aromatic heterocycles. The maximum atomic E-state index is 5.10. The van der Waals surface area contributed by atoms with E-state index in [1.807, 2.05) is 0 Å². The second-order valence-electron chi connectivity index (χ2n) is 9.93. The van der Waals surface area contributed by atoms with E-state index in [0.29, 0.717) is 0 Å². The van der Waals surface area contributed by atoms with Crippen molar-refractivity contribution in [2.24, 2.45) is 4.99 Å². The van der Waals surface area contributed by atoms with Gasteiger partial charge in [-0.1, -0.05) is 109 Å². The summed E-state index contributed by atoms with van der Waals surface area (Å²) in [6, 6.07) is 46.2. The Morgan fingerprint density at radius 2 is 1.14 bits per heavy atom. The van der Waals surface area contributed by atoms with Gasteiger partial charge in [-0.3, -0.25) is 4.99 Å². The summed E-state index contributed by atoms with van der Waals surface area (Å²) in [4.78, 5) is 5.10. The second-order valence-corrected chi connectivity index (χ2v) is 9.93. The van der Waals surface area contributed by atoms with Crippen LogP contribution in [-0.2, 0) is 6.42 Å². The highest BCUT2D eigenvalue weighted by Gasteiger charge is 2.22. The molecule has 37 heavy (non-hydrogen) atoms. The van der Waals surface area contributed by atoms with Crippen molar-refractivity contribution in [1.29, 1.82) is 0 Å². The lowest BCUT2D eigenvalue weighted by Gasteiger charge is -2.20. The summed E-state index contributed by atoms with van der Waals surface area (Å²) in [6.45, 7) is 0. The van der Waals surface area contributed by atoms with Crippen molar-refractivity contribution in [3.63, 3.8) is 0 Å². The molecule has 0 saturated heterocycles. The van der Waals surface area contributed by atoms with Gasteiger partial charge in [0.2, 0.25) is 0 Å². The molecule has 1 aliphatic heterocycles. The minimum absolute atomic E-state index is 0.867. The van der Waals surface area contributed by atoms with Crippen molar-refractivity contribution in [3.8, 4) is 22.3 Å². The Kier molecular flexibility index (Phi) is 4.35. The molecule has 0 spiro atoms. The quantitative estimate of drug-likeness (QED) is 0.228. The third-order valence-electron chi connectivity index (χ3n) is 7.85. The molecule has 0 bridgehead atoms. The summed E-state index contributed by atoms with van der Waals surface area (Å²) in [5.74, 6) is 0. The van der Waals surface area contributed by atoms with Crippen LogP contribution < -0.4 is 0 Å². The molecule has 1 heteroatoms. The Morgan fingerprint density at radius 1 is 0.459 bits per heavy atom. The van der Waals surface area contributed by atoms with Gasteiger partial charge in [0.05, 0.1) is 11.4 Å². The van der Waals surface area contributed by atoms with Crippen molar-refractivity contribution in [3.05, 3.63) is 139 Å². The number of aliphatic imine (C=N–C) groups is 1. The zero-order chi connectivity index (χ0) is 24.3. The zero-order valence-electron chi connectivity index (χ0n) is 20.3. The Balaban J connectivity index is 1.52. The van der Waals surface area contributed by atoms with E-state index in [2.05, 4.69) is 127 Å². The molecule has 8 rings (SSSR count). The molecule has 7 aromatic rings. The molecule has 0 radical (unpaired) electrons. The molecular weight excluding hydrogens is 446 g/mol. The van der Waals surface area contributed by atoms with Crippen LogP contribution in [0.4, 0.5) is 5.69 Å². The largest absolute Gasteiger partial charge is 0.252 e. The van der Waals surface area contributed by atoms with Crippen molar-refractivity contribution in [1.82, 2.24) is 0 Å². The number of rotatable bonds is 3. The number of benzene rings is 7.